The van der Waals surface area contributed by atoms with E-state index in [1.54, 1.807) is 0 Å². The molecule has 2 aromatic rings. The zero-order valence-corrected chi connectivity index (χ0v) is 10.3. The first-order valence-electron chi connectivity index (χ1n) is 5.61. The average molecular weight is 218 g/mol. The quantitative estimate of drug-likeness (QED) is 0.747. The molecule has 2 N–H and O–H groups in total. The minimum Gasteiger partial charge on any atom is -0.438 e. The molecule has 3 heteroatoms. The maximum Gasteiger partial charge on any atom is 0.200 e. The monoisotopic (exact) mass is 218 g/mol. The van der Waals surface area contributed by atoms with Crippen molar-refractivity contribution >= 4 is 16.8 Å². The number of oxazole rings is 1. The number of nitrogen functional groups attached to an aromatic ring is 1. The van der Waals surface area contributed by atoms with Crippen LogP contribution in [0.25, 0.3) is 11.1 Å². The van der Waals surface area contributed by atoms with Gasteiger partial charge >= 0.3 is 0 Å². The predicted molar refractivity (Wildman–Crippen MR) is 66.5 cm³/mol. The molecule has 0 fully saturated rings. The molecule has 86 valence electrons. The Morgan fingerprint density at radius 1 is 1.31 bits per heavy atom. The van der Waals surface area contributed by atoms with Gasteiger partial charge in [-0.1, -0.05) is 27.7 Å². The van der Waals surface area contributed by atoms with E-state index in [2.05, 4.69) is 32.7 Å². The smallest absolute Gasteiger partial charge is 0.200 e. The van der Waals surface area contributed by atoms with Crippen LogP contribution in [-0.2, 0) is 11.8 Å². The third-order valence-electron chi connectivity index (χ3n) is 2.63. The van der Waals surface area contributed by atoms with Crippen molar-refractivity contribution in [2.24, 2.45) is 0 Å². The third-order valence-corrected chi connectivity index (χ3v) is 2.63. The molecule has 0 radical (unpaired) electrons. The highest BCUT2D eigenvalue weighted by molar-refractivity contribution is 5.85. The number of benzene rings is 1. The highest BCUT2D eigenvalue weighted by Gasteiger charge is 2.21. The van der Waals surface area contributed by atoms with Crippen LogP contribution in [0.5, 0.6) is 0 Å². The lowest BCUT2D eigenvalue weighted by Gasteiger charge is -2.11. The van der Waals surface area contributed by atoms with Crippen LogP contribution in [0, 0.1) is 0 Å². The van der Waals surface area contributed by atoms with Gasteiger partial charge in [0.2, 0.25) is 5.89 Å². The fourth-order valence-corrected chi connectivity index (χ4v) is 1.64. The van der Waals surface area contributed by atoms with Crippen molar-refractivity contribution in [3.63, 3.8) is 0 Å². The van der Waals surface area contributed by atoms with Crippen molar-refractivity contribution in [2.45, 2.75) is 39.5 Å². The molecule has 0 aliphatic carbocycles. The van der Waals surface area contributed by atoms with Gasteiger partial charge in [0.1, 0.15) is 5.52 Å². The molecule has 1 heterocycles. The minimum atomic E-state index is -0.0855. The average Bonchev–Trinajstić information content (AvgIpc) is 2.61. The van der Waals surface area contributed by atoms with E-state index in [9.17, 15) is 0 Å². The molecule has 16 heavy (non-hydrogen) atoms. The molecule has 0 aliphatic heterocycles. The zero-order valence-electron chi connectivity index (χ0n) is 10.3. The minimum absolute atomic E-state index is 0.0855. The third kappa shape index (κ3) is 1.77. The molecule has 0 saturated carbocycles. The van der Waals surface area contributed by atoms with Gasteiger partial charge in [-0.15, -0.1) is 0 Å². The van der Waals surface area contributed by atoms with Crippen LogP contribution in [0.1, 0.15) is 39.1 Å². The van der Waals surface area contributed by atoms with Crippen molar-refractivity contribution in [3.8, 4) is 0 Å². The Balaban J connectivity index is 2.66. The molecule has 0 spiro atoms. The van der Waals surface area contributed by atoms with Crippen LogP contribution in [0.15, 0.2) is 16.5 Å². The Morgan fingerprint density at radius 3 is 2.56 bits per heavy atom. The predicted octanol–water partition coefficient (Wildman–Crippen LogP) is 3.27. The van der Waals surface area contributed by atoms with Crippen LogP contribution >= 0.6 is 0 Å². The van der Waals surface area contributed by atoms with E-state index in [1.165, 1.54) is 5.56 Å². The van der Waals surface area contributed by atoms with Gasteiger partial charge < -0.3 is 10.2 Å². The summed E-state index contributed by atoms with van der Waals surface area (Å²) in [5.41, 5.74) is 9.31. The molecule has 0 bridgehead atoms. The SMILES string of the molecule is CCc1cc(N)c2oc(C(C)(C)C)nc2c1. The number of aromatic nitrogens is 1. The lowest BCUT2D eigenvalue weighted by Crippen LogP contribution is -2.10. The fraction of sp³-hybridized carbons (Fsp3) is 0.462. The number of nitrogens with two attached hydrogens (primary N) is 1. The Kier molecular flexibility index (Phi) is 2.41. The summed E-state index contributed by atoms with van der Waals surface area (Å²) in [5, 5.41) is 0. The highest BCUT2D eigenvalue weighted by Crippen LogP contribution is 2.29. The summed E-state index contributed by atoms with van der Waals surface area (Å²) in [7, 11) is 0. The number of hydrogen-bond donors (Lipinski definition) is 1. The molecule has 2 rings (SSSR count). The molecule has 0 saturated heterocycles. The molecule has 0 aliphatic rings. The highest BCUT2D eigenvalue weighted by atomic mass is 16.3. The van der Waals surface area contributed by atoms with E-state index >= 15 is 0 Å². The largest absolute Gasteiger partial charge is 0.438 e. The van der Waals surface area contributed by atoms with E-state index in [0.717, 1.165) is 17.8 Å². The first kappa shape index (κ1) is 11.0. The number of fused-ring (bicyclic) bond motifs is 1. The second-order valence-electron chi connectivity index (χ2n) is 5.16. The first-order chi connectivity index (χ1) is 7.41. The van der Waals surface area contributed by atoms with Crippen LogP contribution in [0.2, 0.25) is 0 Å². The normalized spacial score (nSPS) is 12.2. The Morgan fingerprint density at radius 2 is 2.00 bits per heavy atom. The van der Waals surface area contributed by atoms with Crippen LogP contribution in [-0.4, -0.2) is 4.98 Å². The van der Waals surface area contributed by atoms with Crippen molar-refractivity contribution in [3.05, 3.63) is 23.6 Å². The van der Waals surface area contributed by atoms with Crippen LogP contribution in [0.4, 0.5) is 5.69 Å². The first-order valence-corrected chi connectivity index (χ1v) is 5.61. The molecule has 1 aromatic carbocycles. The summed E-state index contributed by atoms with van der Waals surface area (Å²) in [5.74, 6) is 0.738. The van der Waals surface area contributed by atoms with E-state index < -0.39 is 0 Å². The van der Waals surface area contributed by atoms with E-state index in [-0.39, 0.29) is 5.41 Å². The summed E-state index contributed by atoms with van der Waals surface area (Å²) < 4.78 is 5.73. The summed E-state index contributed by atoms with van der Waals surface area (Å²) >= 11 is 0. The van der Waals surface area contributed by atoms with Gasteiger partial charge in [0.05, 0.1) is 5.69 Å². The molecule has 0 unspecified atom stereocenters. The second kappa shape index (κ2) is 3.51. The van der Waals surface area contributed by atoms with Crippen LogP contribution in [0.3, 0.4) is 0 Å². The summed E-state index contributed by atoms with van der Waals surface area (Å²) in [4.78, 5) is 4.51. The van der Waals surface area contributed by atoms with Gasteiger partial charge in [-0.25, -0.2) is 4.98 Å². The molecule has 3 nitrogen and oxygen atoms in total. The van der Waals surface area contributed by atoms with E-state index in [1.807, 2.05) is 12.1 Å². The number of aryl methyl sites for hydroxylation is 1. The Hall–Kier alpha value is -1.51. The summed E-state index contributed by atoms with van der Waals surface area (Å²) in [6.45, 7) is 8.34. The summed E-state index contributed by atoms with van der Waals surface area (Å²) in [6, 6.07) is 4.00. The van der Waals surface area contributed by atoms with E-state index in [0.29, 0.717) is 11.3 Å². The summed E-state index contributed by atoms with van der Waals surface area (Å²) in [6.07, 6.45) is 0.956. The number of nitrogens with zero attached hydrogens (tertiary/aromatic N) is 1. The number of hydrogen-bond acceptors (Lipinski definition) is 3. The number of anilines is 1. The Bertz CT molecular complexity index is 520. The lowest BCUT2D eigenvalue weighted by atomic mass is 9.97. The fourth-order valence-electron chi connectivity index (χ4n) is 1.64. The van der Waals surface area contributed by atoms with Gasteiger partial charge in [-0.05, 0) is 24.1 Å². The van der Waals surface area contributed by atoms with Crippen molar-refractivity contribution in [1.29, 1.82) is 0 Å². The molecular formula is C13H18N2O. The van der Waals surface area contributed by atoms with Crippen molar-refractivity contribution in [2.75, 3.05) is 5.73 Å². The van der Waals surface area contributed by atoms with Gasteiger partial charge in [0.25, 0.3) is 0 Å². The van der Waals surface area contributed by atoms with Gasteiger partial charge in [0, 0.05) is 5.41 Å². The van der Waals surface area contributed by atoms with Crippen molar-refractivity contribution < 1.29 is 4.42 Å². The lowest BCUT2D eigenvalue weighted by molar-refractivity contribution is 0.411. The topological polar surface area (TPSA) is 52.0 Å². The van der Waals surface area contributed by atoms with Gasteiger partial charge in [-0.2, -0.15) is 0 Å². The maximum absolute atomic E-state index is 5.96. The van der Waals surface area contributed by atoms with Gasteiger partial charge in [0.15, 0.2) is 5.58 Å². The van der Waals surface area contributed by atoms with Gasteiger partial charge in [-0.3, -0.25) is 0 Å². The zero-order chi connectivity index (χ0) is 11.9. The maximum atomic E-state index is 5.96. The second-order valence-corrected chi connectivity index (χ2v) is 5.16. The molecule has 0 amide bonds. The molecule has 1 aromatic heterocycles. The van der Waals surface area contributed by atoms with Crippen LogP contribution < -0.4 is 5.73 Å². The Labute approximate surface area is 95.7 Å². The number of rotatable bonds is 1. The van der Waals surface area contributed by atoms with Crippen molar-refractivity contribution in [1.82, 2.24) is 4.98 Å². The molecule has 0 atom stereocenters. The molecular weight excluding hydrogens is 200 g/mol. The van der Waals surface area contributed by atoms with E-state index in [4.69, 9.17) is 10.2 Å². The standard InChI is InChI=1S/C13H18N2O/c1-5-8-6-9(14)11-10(7-8)15-12(16-11)13(2,3)4/h6-7H,5,14H2,1-4H3.